The molecule has 0 aliphatic carbocycles. The number of nitriles is 1. The first-order valence-electron chi connectivity index (χ1n) is 5.88. The molecule has 2 aromatic carbocycles. The summed E-state index contributed by atoms with van der Waals surface area (Å²) in [6, 6.07) is 18.8. The highest BCUT2D eigenvalue weighted by Crippen LogP contribution is 2.25. The lowest BCUT2D eigenvalue weighted by Crippen LogP contribution is -1.86. The molecule has 3 rings (SSSR count). The Bertz CT molecular complexity index is 775. The second kappa shape index (κ2) is 4.79. The molecule has 0 spiro atoms. The van der Waals surface area contributed by atoms with Crippen molar-refractivity contribution >= 4 is 10.9 Å². The molecule has 1 heterocycles. The first-order valence-corrected chi connectivity index (χ1v) is 5.88. The highest BCUT2D eigenvalue weighted by molar-refractivity contribution is 5.79. The molecule has 0 aliphatic heterocycles. The summed E-state index contributed by atoms with van der Waals surface area (Å²) < 4.78 is 5.75. The van der Waals surface area contributed by atoms with Crippen molar-refractivity contribution in [1.82, 2.24) is 4.98 Å². The van der Waals surface area contributed by atoms with Crippen LogP contribution in [-0.4, -0.2) is 4.98 Å². The van der Waals surface area contributed by atoms with Crippen molar-refractivity contribution < 1.29 is 4.74 Å². The molecule has 0 radical (unpaired) electrons. The number of hydrogen-bond donors (Lipinski definition) is 0. The Kier molecular flexibility index (Phi) is 2.83. The Morgan fingerprint density at radius 1 is 0.947 bits per heavy atom. The fraction of sp³-hybridized carbons (Fsp3) is 0. The summed E-state index contributed by atoms with van der Waals surface area (Å²) in [5, 5.41) is 9.88. The van der Waals surface area contributed by atoms with Crippen LogP contribution in [0.3, 0.4) is 0 Å². The second-order valence-corrected chi connectivity index (χ2v) is 4.10. The van der Waals surface area contributed by atoms with Gasteiger partial charge >= 0.3 is 0 Å². The van der Waals surface area contributed by atoms with Crippen molar-refractivity contribution in [2.75, 3.05) is 0 Å². The molecule has 3 nitrogen and oxygen atoms in total. The van der Waals surface area contributed by atoms with E-state index in [0.29, 0.717) is 11.3 Å². The molecule has 0 atom stereocenters. The molecule has 0 fully saturated rings. The molecule has 0 bridgehead atoms. The average Bonchev–Trinajstić information content (AvgIpc) is 2.47. The van der Waals surface area contributed by atoms with E-state index in [1.165, 1.54) is 0 Å². The lowest BCUT2D eigenvalue weighted by molar-refractivity contribution is 0.483. The monoisotopic (exact) mass is 246 g/mol. The lowest BCUT2D eigenvalue weighted by Gasteiger charge is -2.06. The summed E-state index contributed by atoms with van der Waals surface area (Å²) >= 11 is 0. The highest BCUT2D eigenvalue weighted by atomic mass is 16.5. The van der Waals surface area contributed by atoms with E-state index in [-0.39, 0.29) is 0 Å². The van der Waals surface area contributed by atoms with Gasteiger partial charge in [0, 0.05) is 11.6 Å². The average molecular weight is 246 g/mol. The molecular formula is C16H10N2O. The maximum absolute atomic E-state index is 8.86. The Labute approximate surface area is 110 Å². The topological polar surface area (TPSA) is 45.9 Å². The Hall–Kier alpha value is -2.86. The van der Waals surface area contributed by atoms with E-state index < -0.39 is 0 Å². The number of fused-ring (bicyclic) bond motifs is 1. The number of hydrogen-bond acceptors (Lipinski definition) is 3. The fourth-order valence-electron chi connectivity index (χ4n) is 1.88. The SMILES string of the molecule is N#Cc1cccc(Oc2ccc3ncccc3c2)c1. The van der Waals surface area contributed by atoms with E-state index in [9.17, 15) is 0 Å². The third kappa shape index (κ3) is 2.38. The van der Waals surface area contributed by atoms with Gasteiger partial charge in [0.15, 0.2) is 0 Å². The minimum atomic E-state index is 0.583. The zero-order chi connectivity index (χ0) is 13.1. The zero-order valence-corrected chi connectivity index (χ0v) is 10.1. The predicted molar refractivity (Wildman–Crippen MR) is 73.0 cm³/mol. The minimum absolute atomic E-state index is 0.583. The molecule has 19 heavy (non-hydrogen) atoms. The van der Waals surface area contributed by atoms with E-state index in [1.54, 1.807) is 24.4 Å². The van der Waals surface area contributed by atoms with Gasteiger partial charge in [-0.05, 0) is 42.5 Å². The van der Waals surface area contributed by atoms with Crippen LogP contribution in [0.5, 0.6) is 11.5 Å². The maximum Gasteiger partial charge on any atom is 0.128 e. The van der Waals surface area contributed by atoms with Crippen LogP contribution in [0.25, 0.3) is 10.9 Å². The Morgan fingerprint density at radius 2 is 1.84 bits per heavy atom. The molecule has 0 saturated carbocycles. The number of aromatic nitrogens is 1. The summed E-state index contributed by atoms with van der Waals surface area (Å²) in [5.41, 5.74) is 1.51. The molecule has 0 N–H and O–H groups in total. The van der Waals surface area contributed by atoms with Gasteiger partial charge in [-0.15, -0.1) is 0 Å². The zero-order valence-electron chi connectivity index (χ0n) is 10.1. The van der Waals surface area contributed by atoms with Crippen LogP contribution in [-0.2, 0) is 0 Å². The van der Waals surface area contributed by atoms with Gasteiger partial charge < -0.3 is 4.74 Å². The number of benzene rings is 2. The van der Waals surface area contributed by atoms with E-state index >= 15 is 0 Å². The first kappa shape index (κ1) is 11.2. The van der Waals surface area contributed by atoms with Crippen molar-refractivity contribution in [3.05, 3.63) is 66.4 Å². The second-order valence-electron chi connectivity index (χ2n) is 4.10. The fourth-order valence-corrected chi connectivity index (χ4v) is 1.88. The van der Waals surface area contributed by atoms with Crippen molar-refractivity contribution in [2.24, 2.45) is 0 Å². The van der Waals surface area contributed by atoms with Crippen LogP contribution in [0.1, 0.15) is 5.56 Å². The largest absolute Gasteiger partial charge is 0.457 e. The standard InChI is InChI=1S/C16H10N2O/c17-11-12-3-1-5-14(9-12)19-15-6-7-16-13(10-15)4-2-8-18-16/h1-10H. The molecular weight excluding hydrogens is 236 g/mol. The van der Waals surface area contributed by atoms with Crippen molar-refractivity contribution in [2.45, 2.75) is 0 Å². The first-order chi connectivity index (χ1) is 9.35. The van der Waals surface area contributed by atoms with E-state index in [1.807, 2.05) is 36.4 Å². The highest BCUT2D eigenvalue weighted by Gasteiger charge is 2.01. The molecule has 0 amide bonds. The van der Waals surface area contributed by atoms with Crippen LogP contribution in [0.2, 0.25) is 0 Å². The van der Waals surface area contributed by atoms with Crippen molar-refractivity contribution in [1.29, 1.82) is 5.26 Å². The van der Waals surface area contributed by atoms with Gasteiger partial charge in [0.2, 0.25) is 0 Å². The Balaban J connectivity index is 1.94. The van der Waals surface area contributed by atoms with Crippen LogP contribution in [0, 0.1) is 11.3 Å². The van der Waals surface area contributed by atoms with Crippen molar-refractivity contribution in [3.63, 3.8) is 0 Å². The summed E-state index contributed by atoms with van der Waals surface area (Å²) in [6.07, 6.45) is 1.76. The number of rotatable bonds is 2. The molecule has 90 valence electrons. The van der Waals surface area contributed by atoms with Gasteiger partial charge in [-0.3, -0.25) is 4.98 Å². The summed E-state index contributed by atoms with van der Waals surface area (Å²) in [4.78, 5) is 4.26. The molecule has 0 aliphatic rings. The third-order valence-corrected chi connectivity index (χ3v) is 2.77. The van der Waals surface area contributed by atoms with Gasteiger partial charge in [0.1, 0.15) is 11.5 Å². The van der Waals surface area contributed by atoms with Crippen LogP contribution >= 0.6 is 0 Å². The molecule has 3 heteroatoms. The molecule has 3 aromatic rings. The molecule has 1 aromatic heterocycles. The third-order valence-electron chi connectivity index (χ3n) is 2.77. The van der Waals surface area contributed by atoms with Crippen LogP contribution < -0.4 is 4.74 Å². The molecule has 0 unspecified atom stereocenters. The number of pyridine rings is 1. The predicted octanol–water partition coefficient (Wildman–Crippen LogP) is 3.90. The van der Waals surface area contributed by atoms with Gasteiger partial charge in [0.25, 0.3) is 0 Å². The van der Waals surface area contributed by atoms with Crippen LogP contribution in [0.15, 0.2) is 60.8 Å². The lowest BCUT2D eigenvalue weighted by atomic mass is 10.2. The number of ether oxygens (including phenoxy) is 1. The van der Waals surface area contributed by atoms with E-state index in [4.69, 9.17) is 10.00 Å². The van der Waals surface area contributed by atoms with Gasteiger partial charge in [0.05, 0.1) is 17.1 Å². The van der Waals surface area contributed by atoms with Gasteiger partial charge in [-0.25, -0.2) is 0 Å². The smallest absolute Gasteiger partial charge is 0.128 e. The van der Waals surface area contributed by atoms with E-state index in [2.05, 4.69) is 11.1 Å². The van der Waals surface area contributed by atoms with Gasteiger partial charge in [-0.1, -0.05) is 12.1 Å². The molecule has 0 saturated heterocycles. The summed E-state index contributed by atoms with van der Waals surface area (Å²) in [7, 11) is 0. The Morgan fingerprint density at radius 3 is 2.74 bits per heavy atom. The summed E-state index contributed by atoms with van der Waals surface area (Å²) in [5.74, 6) is 1.39. The quantitative estimate of drug-likeness (QED) is 0.688. The normalized spacial score (nSPS) is 10.1. The van der Waals surface area contributed by atoms with Crippen molar-refractivity contribution in [3.8, 4) is 17.6 Å². The van der Waals surface area contributed by atoms with E-state index in [0.717, 1.165) is 16.7 Å². The maximum atomic E-state index is 8.86. The summed E-state index contributed by atoms with van der Waals surface area (Å²) in [6.45, 7) is 0. The van der Waals surface area contributed by atoms with Gasteiger partial charge in [-0.2, -0.15) is 5.26 Å². The number of nitrogens with zero attached hydrogens (tertiary/aromatic N) is 2. The minimum Gasteiger partial charge on any atom is -0.457 e. The van der Waals surface area contributed by atoms with Crippen LogP contribution in [0.4, 0.5) is 0 Å².